The van der Waals surface area contributed by atoms with Crippen molar-refractivity contribution in [3.8, 4) is 0 Å². The van der Waals surface area contributed by atoms with Crippen molar-refractivity contribution in [3.05, 3.63) is 29.8 Å². The van der Waals surface area contributed by atoms with Gasteiger partial charge in [0.05, 0.1) is 5.52 Å². The third-order valence-electron chi connectivity index (χ3n) is 2.94. The van der Waals surface area contributed by atoms with Gasteiger partial charge in [0.1, 0.15) is 22.6 Å². The maximum absolute atomic E-state index is 13.6. The van der Waals surface area contributed by atoms with Crippen molar-refractivity contribution in [2.24, 2.45) is 7.05 Å². The number of aryl methyl sites for hydroxylation is 1. The summed E-state index contributed by atoms with van der Waals surface area (Å²) in [6, 6.07) is 4.56. The molecule has 2 rings (SSSR count). The van der Waals surface area contributed by atoms with E-state index in [1.54, 1.807) is 33.0 Å². The lowest BCUT2D eigenvalue weighted by atomic mass is 9.93. The molecular weight excluding hydrogens is 223 g/mol. The molecule has 0 aliphatic heterocycles. The van der Waals surface area contributed by atoms with Gasteiger partial charge in [-0.15, -0.1) is 0 Å². The van der Waals surface area contributed by atoms with E-state index >= 15 is 0 Å². The number of hydrogen-bond acceptors (Lipinski definition) is 2. The third kappa shape index (κ3) is 1.58. The van der Waals surface area contributed by atoms with E-state index in [0.717, 1.165) is 0 Å². The molecule has 2 aromatic rings. The highest BCUT2D eigenvalue weighted by atomic mass is 19.1. The minimum Gasteiger partial charge on any atom is -0.481 e. The van der Waals surface area contributed by atoms with E-state index in [-0.39, 0.29) is 0 Å². The summed E-state index contributed by atoms with van der Waals surface area (Å²) in [7, 11) is 1.62. The van der Waals surface area contributed by atoms with Crippen LogP contribution in [0.4, 0.5) is 4.39 Å². The summed E-state index contributed by atoms with van der Waals surface area (Å²) in [4.78, 5) is 15.4. The van der Waals surface area contributed by atoms with Crippen LogP contribution in [0.15, 0.2) is 18.2 Å². The molecular formula is C12H13FN2O2. The van der Waals surface area contributed by atoms with Crippen molar-refractivity contribution in [2.45, 2.75) is 19.3 Å². The number of carbonyl (C=O) groups is 1. The van der Waals surface area contributed by atoms with Crippen LogP contribution < -0.4 is 0 Å². The van der Waals surface area contributed by atoms with Crippen molar-refractivity contribution in [1.82, 2.24) is 9.55 Å². The second kappa shape index (κ2) is 3.55. The number of nitrogens with zero attached hydrogens (tertiary/aromatic N) is 2. The maximum atomic E-state index is 13.6. The molecule has 4 nitrogen and oxygen atoms in total. The molecule has 0 saturated carbocycles. The van der Waals surface area contributed by atoms with Gasteiger partial charge in [0, 0.05) is 7.05 Å². The molecule has 0 saturated heterocycles. The van der Waals surface area contributed by atoms with Gasteiger partial charge in [-0.2, -0.15) is 0 Å². The predicted molar refractivity (Wildman–Crippen MR) is 61.3 cm³/mol. The first-order valence-corrected chi connectivity index (χ1v) is 5.20. The van der Waals surface area contributed by atoms with Crippen LogP contribution in [0.5, 0.6) is 0 Å². The van der Waals surface area contributed by atoms with Crippen LogP contribution in [0.1, 0.15) is 19.7 Å². The summed E-state index contributed by atoms with van der Waals surface area (Å²) in [5.41, 5.74) is -0.353. The molecule has 0 radical (unpaired) electrons. The monoisotopic (exact) mass is 236 g/mol. The zero-order valence-corrected chi connectivity index (χ0v) is 9.86. The van der Waals surface area contributed by atoms with Crippen LogP contribution in [0.25, 0.3) is 11.0 Å². The first-order valence-electron chi connectivity index (χ1n) is 5.20. The SMILES string of the molecule is Cn1c(C(C)(C)C(=O)O)nc2cccc(F)c21. The molecule has 0 unspecified atom stereocenters. The van der Waals surface area contributed by atoms with Gasteiger partial charge in [-0.25, -0.2) is 9.37 Å². The molecule has 17 heavy (non-hydrogen) atoms. The summed E-state index contributed by atoms with van der Waals surface area (Å²) in [5.74, 6) is -1.05. The number of carboxylic acid groups (broad SMARTS) is 1. The Morgan fingerprint density at radius 2 is 2.12 bits per heavy atom. The van der Waals surface area contributed by atoms with Crippen LogP contribution in [0.2, 0.25) is 0 Å². The number of halogens is 1. The summed E-state index contributed by atoms with van der Waals surface area (Å²) >= 11 is 0. The molecule has 1 heterocycles. The largest absolute Gasteiger partial charge is 0.481 e. The van der Waals surface area contributed by atoms with Gasteiger partial charge in [-0.1, -0.05) is 6.07 Å². The fourth-order valence-electron chi connectivity index (χ4n) is 1.88. The van der Waals surface area contributed by atoms with E-state index in [4.69, 9.17) is 5.11 Å². The van der Waals surface area contributed by atoms with Crippen LogP contribution >= 0.6 is 0 Å². The standard InChI is InChI=1S/C12H13FN2O2/c1-12(2,11(16)17)10-14-8-6-4-5-7(13)9(8)15(10)3/h4-6H,1-3H3,(H,16,17). The summed E-state index contributed by atoms with van der Waals surface area (Å²) in [6.45, 7) is 3.10. The Balaban J connectivity index is 2.77. The first-order chi connectivity index (χ1) is 7.85. The fourth-order valence-corrected chi connectivity index (χ4v) is 1.88. The smallest absolute Gasteiger partial charge is 0.316 e. The van der Waals surface area contributed by atoms with Crippen molar-refractivity contribution >= 4 is 17.0 Å². The summed E-state index contributed by atoms with van der Waals surface area (Å²) in [6.07, 6.45) is 0. The second-order valence-corrected chi connectivity index (χ2v) is 4.53. The Morgan fingerprint density at radius 1 is 1.47 bits per heavy atom. The van der Waals surface area contributed by atoms with Crippen molar-refractivity contribution in [1.29, 1.82) is 0 Å². The van der Waals surface area contributed by atoms with E-state index in [9.17, 15) is 9.18 Å². The number of hydrogen-bond donors (Lipinski definition) is 1. The molecule has 1 N–H and O–H groups in total. The molecule has 0 aliphatic carbocycles. The minimum absolute atomic E-state index is 0.330. The van der Waals surface area contributed by atoms with Crippen LogP contribution in [0.3, 0.4) is 0 Å². The average Bonchev–Trinajstić information content (AvgIpc) is 2.57. The van der Waals surface area contributed by atoms with E-state index in [1.807, 2.05) is 0 Å². The first kappa shape index (κ1) is 11.6. The highest BCUT2D eigenvalue weighted by molar-refractivity contribution is 5.83. The van der Waals surface area contributed by atoms with Gasteiger partial charge in [-0.05, 0) is 26.0 Å². The molecule has 0 fully saturated rings. The van der Waals surface area contributed by atoms with E-state index in [2.05, 4.69) is 4.98 Å². The minimum atomic E-state index is -1.15. The van der Waals surface area contributed by atoms with E-state index in [0.29, 0.717) is 16.9 Å². The number of aliphatic carboxylic acids is 1. The molecule has 1 aromatic heterocycles. The highest BCUT2D eigenvalue weighted by Gasteiger charge is 2.34. The Labute approximate surface area is 97.7 Å². The number of rotatable bonds is 2. The lowest BCUT2D eigenvalue weighted by Crippen LogP contribution is -2.31. The predicted octanol–water partition coefficient (Wildman–Crippen LogP) is 2.07. The molecule has 0 aliphatic rings. The molecule has 0 amide bonds. The molecule has 90 valence electrons. The summed E-state index contributed by atoms with van der Waals surface area (Å²) in [5, 5.41) is 9.17. The number of para-hydroxylation sites is 1. The number of carboxylic acids is 1. The van der Waals surface area contributed by atoms with Crippen molar-refractivity contribution in [2.75, 3.05) is 0 Å². The summed E-state index contributed by atoms with van der Waals surface area (Å²) < 4.78 is 15.1. The zero-order valence-electron chi connectivity index (χ0n) is 9.86. The van der Waals surface area contributed by atoms with Gasteiger partial charge in [0.25, 0.3) is 0 Å². The van der Waals surface area contributed by atoms with Crippen molar-refractivity contribution < 1.29 is 14.3 Å². The van der Waals surface area contributed by atoms with Gasteiger partial charge >= 0.3 is 5.97 Å². The number of aromatic nitrogens is 2. The number of fused-ring (bicyclic) bond motifs is 1. The lowest BCUT2D eigenvalue weighted by Gasteiger charge is -2.18. The Bertz CT molecular complexity index is 602. The fraction of sp³-hybridized carbons (Fsp3) is 0.333. The highest BCUT2D eigenvalue weighted by Crippen LogP contribution is 2.27. The topological polar surface area (TPSA) is 55.1 Å². The lowest BCUT2D eigenvalue weighted by molar-refractivity contribution is -0.142. The average molecular weight is 236 g/mol. The molecule has 1 aromatic carbocycles. The van der Waals surface area contributed by atoms with Gasteiger partial charge < -0.3 is 9.67 Å². The maximum Gasteiger partial charge on any atom is 0.316 e. The van der Waals surface area contributed by atoms with Gasteiger partial charge in [0.2, 0.25) is 0 Å². The van der Waals surface area contributed by atoms with E-state index in [1.165, 1.54) is 10.6 Å². The number of benzene rings is 1. The molecule has 0 spiro atoms. The normalized spacial score (nSPS) is 12.0. The second-order valence-electron chi connectivity index (χ2n) is 4.53. The zero-order chi connectivity index (χ0) is 12.8. The van der Waals surface area contributed by atoms with Crippen molar-refractivity contribution in [3.63, 3.8) is 0 Å². The number of imidazole rings is 1. The molecule has 0 atom stereocenters. The van der Waals surface area contributed by atoms with E-state index < -0.39 is 17.2 Å². The Hall–Kier alpha value is -1.91. The third-order valence-corrected chi connectivity index (χ3v) is 2.94. The van der Waals surface area contributed by atoms with Gasteiger partial charge in [-0.3, -0.25) is 4.79 Å². The molecule has 0 bridgehead atoms. The van der Waals surface area contributed by atoms with Crippen LogP contribution in [-0.2, 0) is 17.3 Å². The van der Waals surface area contributed by atoms with Crippen LogP contribution in [0, 0.1) is 5.82 Å². The quantitative estimate of drug-likeness (QED) is 0.868. The Morgan fingerprint density at radius 3 is 2.65 bits per heavy atom. The van der Waals surface area contributed by atoms with Gasteiger partial charge in [0.15, 0.2) is 0 Å². The Kier molecular flexibility index (Phi) is 2.41. The molecule has 5 heteroatoms. The van der Waals surface area contributed by atoms with Crippen LogP contribution in [-0.4, -0.2) is 20.6 Å².